The van der Waals surface area contributed by atoms with Crippen LogP contribution in [0.3, 0.4) is 0 Å². The molecule has 2 saturated carbocycles. The molecule has 4 aliphatic rings. The zero-order valence-electron chi connectivity index (χ0n) is 20.8. The van der Waals surface area contributed by atoms with Gasteiger partial charge in [0.2, 0.25) is 0 Å². The number of ether oxygens (including phenoxy) is 1. The Balaban J connectivity index is 1.68. The summed E-state index contributed by atoms with van der Waals surface area (Å²) in [5, 5.41) is 11.9. The molecule has 0 aliphatic heterocycles. The lowest BCUT2D eigenvalue weighted by Crippen LogP contribution is -2.65. The van der Waals surface area contributed by atoms with Gasteiger partial charge in [0.1, 0.15) is 6.10 Å². The van der Waals surface area contributed by atoms with Crippen LogP contribution in [0.1, 0.15) is 66.4 Å². The Labute approximate surface area is 200 Å². The average Bonchev–Trinajstić information content (AvgIpc) is 3.33. The Morgan fingerprint density at radius 2 is 1.85 bits per heavy atom. The molecule has 0 aromatic carbocycles. The average molecular weight is 467 g/mol. The van der Waals surface area contributed by atoms with E-state index in [9.17, 15) is 19.5 Å². The van der Waals surface area contributed by atoms with E-state index in [0.717, 1.165) is 12.0 Å². The van der Waals surface area contributed by atoms with E-state index in [2.05, 4.69) is 13.8 Å². The summed E-state index contributed by atoms with van der Waals surface area (Å²) >= 11 is 0. The zero-order valence-corrected chi connectivity index (χ0v) is 20.8. The molecular weight excluding hydrogens is 432 g/mol. The maximum Gasteiger partial charge on any atom is 0.302 e. The standard InChI is InChI=1S/C28H34O6/c1-16(29)34-18-14-26(5)19(25(4)10-8-21(30)24(2,3)23(18)25)7-11-27(6)20(26)13-22(31)28(27,32)17-9-12-33-15-17/h8-10,12-13,15,18-19,23,32H,7,11,14H2,1-6H3. The van der Waals surface area contributed by atoms with Crippen molar-refractivity contribution in [3.63, 3.8) is 0 Å². The summed E-state index contributed by atoms with van der Waals surface area (Å²) in [5.41, 5.74) is -2.76. The molecule has 0 radical (unpaired) electrons. The number of carbonyl (C=O) groups is 3. The highest BCUT2D eigenvalue weighted by Gasteiger charge is 2.71. The lowest BCUT2D eigenvalue weighted by molar-refractivity contribution is -0.192. The van der Waals surface area contributed by atoms with Gasteiger partial charge in [-0.2, -0.15) is 0 Å². The predicted octanol–water partition coefficient (Wildman–Crippen LogP) is 4.52. The van der Waals surface area contributed by atoms with E-state index in [1.807, 2.05) is 26.8 Å². The SMILES string of the molecule is CC(=O)OC1CC2(C)C3=CC(=O)C(O)(c4ccoc4)C3(C)CCC2C2(C)C=CC(=O)C(C)(C)C12. The Bertz CT molecular complexity index is 1140. The second-order valence-corrected chi connectivity index (χ2v) is 12.1. The third kappa shape index (κ3) is 2.58. The van der Waals surface area contributed by atoms with Crippen molar-refractivity contribution in [3.05, 3.63) is 48.0 Å². The van der Waals surface area contributed by atoms with E-state index in [4.69, 9.17) is 9.15 Å². The van der Waals surface area contributed by atoms with Gasteiger partial charge < -0.3 is 14.3 Å². The van der Waals surface area contributed by atoms with Gasteiger partial charge in [-0.1, -0.05) is 46.3 Å². The van der Waals surface area contributed by atoms with Gasteiger partial charge >= 0.3 is 5.97 Å². The van der Waals surface area contributed by atoms with Crippen LogP contribution in [0, 0.1) is 33.5 Å². The van der Waals surface area contributed by atoms with Crippen molar-refractivity contribution < 1.29 is 28.6 Å². The Kier molecular flexibility index (Phi) is 4.66. The van der Waals surface area contributed by atoms with Crippen LogP contribution in [0.15, 0.2) is 46.8 Å². The monoisotopic (exact) mass is 466 g/mol. The molecule has 6 heteroatoms. The molecule has 0 amide bonds. The van der Waals surface area contributed by atoms with Crippen molar-refractivity contribution >= 4 is 17.5 Å². The first-order valence-corrected chi connectivity index (χ1v) is 12.2. The largest absolute Gasteiger partial charge is 0.472 e. The van der Waals surface area contributed by atoms with E-state index in [-0.39, 0.29) is 29.4 Å². The van der Waals surface area contributed by atoms with Gasteiger partial charge in [-0.25, -0.2) is 0 Å². The first-order chi connectivity index (χ1) is 15.7. The first kappa shape index (κ1) is 23.3. The molecule has 5 rings (SSSR count). The van der Waals surface area contributed by atoms with Crippen LogP contribution >= 0.6 is 0 Å². The molecule has 1 aromatic heterocycles. The fourth-order valence-corrected chi connectivity index (χ4v) is 8.65. The lowest BCUT2D eigenvalue weighted by Gasteiger charge is -2.66. The topological polar surface area (TPSA) is 93.8 Å². The van der Waals surface area contributed by atoms with Gasteiger partial charge in [0.15, 0.2) is 17.2 Å². The maximum absolute atomic E-state index is 13.4. The Morgan fingerprint density at radius 1 is 1.15 bits per heavy atom. The number of hydrogen-bond acceptors (Lipinski definition) is 6. The summed E-state index contributed by atoms with van der Waals surface area (Å²) < 4.78 is 11.2. The highest BCUT2D eigenvalue weighted by atomic mass is 16.5. The summed E-state index contributed by atoms with van der Waals surface area (Å²) in [6.07, 6.45) is 9.67. The molecule has 1 N–H and O–H groups in total. The summed E-state index contributed by atoms with van der Waals surface area (Å²) in [6, 6.07) is 1.66. The quantitative estimate of drug-likeness (QED) is 0.644. The normalized spacial score (nSPS) is 44.7. The molecule has 0 bridgehead atoms. The number of aliphatic hydroxyl groups is 1. The molecule has 1 heterocycles. The van der Waals surface area contributed by atoms with E-state index < -0.39 is 33.4 Å². The number of hydrogen-bond donors (Lipinski definition) is 1. The minimum absolute atomic E-state index is 0.0426. The fraction of sp³-hybridized carbons (Fsp3) is 0.607. The zero-order chi connectivity index (χ0) is 24.9. The summed E-state index contributed by atoms with van der Waals surface area (Å²) in [6.45, 7) is 11.6. The van der Waals surface area contributed by atoms with Gasteiger partial charge in [0, 0.05) is 29.2 Å². The number of ketones is 2. The molecule has 7 unspecified atom stereocenters. The second kappa shape index (κ2) is 6.81. The second-order valence-electron chi connectivity index (χ2n) is 12.1. The Morgan fingerprint density at radius 3 is 2.47 bits per heavy atom. The maximum atomic E-state index is 13.4. The third-order valence-electron chi connectivity index (χ3n) is 10.0. The lowest BCUT2D eigenvalue weighted by atomic mass is 9.38. The van der Waals surface area contributed by atoms with E-state index in [1.54, 1.807) is 18.2 Å². The number of furan rings is 1. The minimum Gasteiger partial charge on any atom is -0.472 e. The van der Waals surface area contributed by atoms with E-state index >= 15 is 0 Å². The molecule has 1 aromatic rings. The molecule has 7 atom stereocenters. The molecule has 0 saturated heterocycles. The Hall–Kier alpha value is -2.47. The van der Waals surface area contributed by atoms with Crippen LogP contribution < -0.4 is 0 Å². The van der Waals surface area contributed by atoms with Crippen molar-refractivity contribution in [1.29, 1.82) is 0 Å². The van der Waals surface area contributed by atoms with Gasteiger partial charge in [0.05, 0.1) is 12.5 Å². The number of allylic oxidation sites excluding steroid dienone is 2. The predicted molar refractivity (Wildman–Crippen MR) is 124 cm³/mol. The van der Waals surface area contributed by atoms with Crippen LogP contribution in [0.4, 0.5) is 0 Å². The molecular formula is C28H34O6. The molecule has 6 nitrogen and oxygen atoms in total. The van der Waals surface area contributed by atoms with Crippen LogP contribution in [0.2, 0.25) is 0 Å². The molecule has 34 heavy (non-hydrogen) atoms. The van der Waals surface area contributed by atoms with E-state index in [0.29, 0.717) is 18.4 Å². The summed E-state index contributed by atoms with van der Waals surface area (Å²) in [7, 11) is 0. The highest BCUT2D eigenvalue weighted by molar-refractivity contribution is 6.03. The highest BCUT2D eigenvalue weighted by Crippen LogP contribution is 2.73. The summed E-state index contributed by atoms with van der Waals surface area (Å²) in [4.78, 5) is 38.6. The molecule has 182 valence electrons. The molecule has 2 fully saturated rings. The smallest absolute Gasteiger partial charge is 0.302 e. The van der Waals surface area contributed by atoms with Crippen molar-refractivity contribution in [1.82, 2.24) is 0 Å². The first-order valence-electron chi connectivity index (χ1n) is 12.2. The molecule has 0 spiro atoms. The van der Waals surface area contributed by atoms with Gasteiger partial charge in [-0.15, -0.1) is 0 Å². The van der Waals surface area contributed by atoms with E-state index in [1.165, 1.54) is 19.5 Å². The van der Waals surface area contributed by atoms with Crippen LogP contribution in [0.5, 0.6) is 0 Å². The number of fused-ring (bicyclic) bond motifs is 5. The van der Waals surface area contributed by atoms with Crippen molar-refractivity contribution in [2.75, 3.05) is 0 Å². The van der Waals surface area contributed by atoms with Crippen LogP contribution in [-0.2, 0) is 24.7 Å². The number of esters is 1. The van der Waals surface area contributed by atoms with Crippen molar-refractivity contribution in [3.8, 4) is 0 Å². The van der Waals surface area contributed by atoms with Crippen molar-refractivity contribution in [2.45, 2.75) is 72.5 Å². The number of rotatable bonds is 2. The van der Waals surface area contributed by atoms with Crippen LogP contribution in [0.25, 0.3) is 0 Å². The molecule has 4 aliphatic carbocycles. The summed E-state index contributed by atoms with van der Waals surface area (Å²) in [5.74, 6) is -0.744. The van der Waals surface area contributed by atoms with Crippen LogP contribution in [-0.4, -0.2) is 28.7 Å². The minimum atomic E-state index is -1.70. The third-order valence-corrected chi connectivity index (χ3v) is 10.0. The van der Waals surface area contributed by atoms with Gasteiger partial charge in [0.25, 0.3) is 0 Å². The van der Waals surface area contributed by atoms with Gasteiger partial charge in [-0.3, -0.25) is 14.4 Å². The number of carbonyl (C=O) groups excluding carboxylic acids is 3. The van der Waals surface area contributed by atoms with Gasteiger partial charge in [-0.05, 0) is 54.2 Å². The van der Waals surface area contributed by atoms with Crippen molar-refractivity contribution in [2.24, 2.45) is 33.5 Å². The fourth-order valence-electron chi connectivity index (χ4n) is 8.65.